The molecule has 0 bridgehead atoms. The Labute approximate surface area is 111 Å². The summed E-state index contributed by atoms with van der Waals surface area (Å²) >= 11 is -1.78. The van der Waals surface area contributed by atoms with Crippen molar-refractivity contribution in [3.63, 3.8) is 0 Å². The summed E-state index contributed by atoms with van der Waals surface area (Å²) in [5.41, 5.74) is 4.00. The number of rotatable bonds is 5. The van der Waals surface area contributed by atoms with E-state index in [1.165, 1.54) is 6.42 Å². The van der Waals surface area contributed by atoms with Gasteiger partial charge in [0.15, 0.2) is 4.91 Å². The molecule has 0 saturated heterocycles. The summed E-state index contributed by atoms with van der Waals surface area (Å²) in [5, 5.41) is 0. The van der Waals surface area contributed by atoms with E-state index in [0.29, 0.717) is 0 Å². The number of hydrogen-bond acceptors (Lipinski definition) is 4. The zero-order chi connectivity index (χ0) is 13.4. The Kier molecular flexibility index (Phi) is 6.94. The molecule has 1 atom stereocenters. The molecule has 0 spiro atoms. The predicted molar refractivity (Wildman–Crippen MR) is 70.0 cm³/mol. The van der Waals surface area contributed by atoms with Crippen molar-refractivity contribution in [1.82, 2.24) is 0 Å². The number of hydrogen-bond donors (Lipinski definition) is 0. The maximum Gasteiger partial charge on any atom is 0.357 e. The number of carbonyl (C=O) groups excluding carboxylic acids is 1. The van der Waals surface area contributed by atoms with Crippen LogP contribution in [-0.2, 0) is 24.8 Å². The van der Waals surface area contributed by atoms with Crippen LogP contribution in [0.25, 0.3) is 0 Å². The lowest BCUT2D eigenvalue weighted by Crippen LogP contribution is -2.13. The van der Waals surface area contributed by atoms with E-state index in [1.54, 1.807) is 13.8 Å². The van der Waals surface area contributed by atoms with E-state index in [-0.39, 0.29) is 18.1 Å². The van der Waals surface area contributed by atoms with Crippen molar-refractivity contribution in [3.8, 4) is 0 Å². The highest BCUT2D eigenvalue weighted by Gasteiger charge is 2.19. The van der Waals surface area contributed by atoms with Crippen LogP contribution in [0.4, 0.5) is 0 Å². The van der Waals surface area contributed by atoms with Gasteiger partial charge in [-0.3, -0.25) is 4.18 Å². The number of ether oxygens (including phenoxy) is 1. The summed E-state index contributed by atoms with van der Waals surface area (Å²) in [7, 11) is 0. The molecule has 0 aromatic carbocycles. The highest BCUT2D eigenvalue weighted by Crippen LogP contribution is 2.22. The van der Waals surface area contributed by atoms with Crippen LogP contribution in [0.5, 0.6) is 0 Å². The molecule has 0 amide bonds. The minimum Gasteiger partial charge on any atom is -0.461 e. The van der Waals surface area contributed by atoms with Gasteiger partial charge in [-0.1, -0.05) is 12.2 Å². The van der Waals surface area contributed by atoms with Crippen molar-refractivity contribution >= 4 is 17.0 Å². The van der Waals surface area contributed by atoms with Crippen LogP contribution in [0.3, 0.4) is 0 Å². The maximum atomic E-state index is 11.8. The first-order valence-corrected chi connectivity index (χ1v) is 7.47. The highest BCUT2D eigenvalue weighted by atomic mass is 32.2. The minimum absolute atomic E-state index is 0.00981. The first kappa shape index (κ1) is 15.2. The van der Waals surface area contributed by atoms with Gasteiger partial charge < -0.3 is 4.74 Å². The average molecular weight is 272 g/mol. The quantitative estimate of drug-likeness (QED) is 0.438. The van der Waals surface area contributed by atoms with Crippen molar-refractivity contribution in [2.75, 3.05) is 13.2 Å². The normalized spacial score (nSPS) is 16.9. The van der Waals surface area contributed by atoms with Gasteiger partial charge in [0, 0.05) is 0 Å². The molecule has 1 aliphatic carbocycles. The molecule has 0 heterocycles. The summed E-state index contributed by atoms with van der Waals surface area (Å²) in [5.74, 6) is -0.595. The molecule has 0 aliphatic heterocycles. The standard InChI is InChI=1S/C13H20O4S/c1-3-16-13(14)12(18(15)17-4-2)10-11-8-6-5-7-9-11/h3-9H2,1-2H3. The summed E-state index contributed by atoms with van der Waals surface area (Å²) in [6, 6.07) is 0. The summed E-state index contributed by atoms with van der Waals surface area (Å²) in [6.45, 7) is 3.98. The molecule has 0 aromatic rings. The van der Waals surface area contributed by atoms with Crippen LogP contribution < -0.4 is 0 Å². The monoisotopic (exact) mass is 272 g/mol. The van der Waals surface area contributed by atoms with E-state index in [1.807, 2.05) is 0 Å². The van der Waals surface area contributed by atoms with Gasteiger partial charge in [0.05, 0.1) is 13.2 Å². The molecule has 1 fully saturated rings. The Morgan fingerprint density at radius 3 is 2.44 bits per heavy atom. The van der Waals surface area contributed by atoms with Crippen LogP contribution in [0.15, 0.2) is 16.2 Å². The fourth-order valence-corrected chi connectivity index (χ4v) is 2.54. The second-order valence-electron chi connectivity index (χ2n) is 3.98. The van der Waals surface area contributed by atoms with E-state index in [9.17, 15) is 9.00 Å². The molecule has 5 heteroatoms. The van der Waals surface area contributed by atoms with Crippen molar-refractivity contribution in [1.29, 1.82) is 0 Å². The number of esters is 1. The Bertz CT molecular complexity index is 352. The zero-order valence-corrected chi connectivity index (χ0v) is 11.8. The van der Waals surface area contributed by atoms with Crippen molar-refractivity contribution in [2.45, 2.75) is 46.0 Å². The van der Waals surface area contributed by atoms with E-state index < -0.39 is 17.0 Å². The Morgan fingerprint density at radius 1 is 1.22 bits per heavy atom. The first-order valence-electron chi connectivity index (χ1n) is 6.39. The zero-order valence-electron chi connectivity index (χ0n) is 11.0. The van der Waals surface area contributed by atoms with Gasteiger partial charge in [0.25, 0.3) is 0 Å². The van der Waals surface area contributed by atoms with Crippen LogP contribution in [-0.4, -0.2) is 23.4 Å². The van der Waals surface area contributed by atoms with Gasteiger partial charge in [0.1, 0.15) is 0 Å². The van der Waals surface area contributed by atoms with Crippen molar-refractivity contribution in [3.05, 3.63) is 16.2 Å². The summed E-state index contributed by atoms with van der Waals surface area (Å²) in [4.78, 5) is 11.7. The largest absolute Gasteiger partial charge is 0.461 e. The van der Waals surface area contributed by atoms with Gasteiger partial charge in [-0.2, -0.15) is 0 Å². The SMILES string of the molecule is CCOC(=O)C(=C=C1CCCCC1)S(=O)OCC. The Morgan fingerprint density at radius 2 is 1.89 bits per heavy atom. The van der Waals surface area contributed by atoms with Crippen LogP contribution in [0, 0.1) is 0 Å². The molecule has 1 aliphatic rings. The molecule has 0 radical (unpaired) electrons. The molecular weight excluding hydrogens is 252 g/mol. The van der Waals surface area contributed by atoms with Gasteiger partial charge in [-0.05, 0) is 45.1 Å². The fourth-order valence-electron chi connectivity index (χ4n) is 1.79. The molecule has 0 aromatic heterocycles. The second kappa shape index (κ2) is 8.25. The predicted octanol–water partition coefficient (Wildman–Crippen LogP) is 2.62. The summed E-state index contributed by atoms with van der Waals surface area (Å²) in [6.07, 6.45) is 5.21. The highest BCUT2D eigenvalue weighted by molar-refractivity contribution is 7.85. The minimum atomic E-state index is -1.78. The molecule has 1 unspecified atom stereocenters. The average Bonchev–Trinajstić information content (AvgIpc) is 2.37. The third-order valence-electron chi connectivity index (χ3n) is 2.60. The molecular formula is C13H20O4S. The van der Waals surface area contributed by atoms with Crippen molar-refractivity contribution < 1.29 is 17.9 Å². The van der Waals surface area contributed by atoms with Crippen LogP contribution in [0.2, 0.25) is 0 Å². The molecule has 102 valence electrons. The van der Waals surface area contributed by atoms with Gasteiger partial charge in [0.2, 0.25) is 11.1 Å². The third-order valence-corrected chi connectivity index (χ3v) is 3.65. The smallest absolute Gasteiger partial charge is 0.357 e. The van der Waals surface area contributed by atoms with Crippen LogP contribution in [0.1, 0.15) is 46.0 Å². The summed E-state index contributed by atoms with van der Waals surface area (Å²) < 4.78 is 21.7. The van der Waals surface area contributed by atoms with Gasteiger partial charge in [-0.15, -0.1) is 0 Å². The molecule has 1 saturated carbocycles. The second-order valence-corrected chi connectivity index (χ2v) is 5.09. The van der Waals surface area contributed by atoms with E-state index in [2.05, 4.69) is 5.73 Å². The lowest BCUT2D eigenvalue weighted by Gasteiger charge is -2.11. The molecule has 4 nitrogen and oxygen atoms in total. The topological polar surface area (TPSA) is 52.6 Å². The van der Waals surface area contributed by atoms with Gasteiger partial charge in [-0.25, -0.2) is 9.00 Å². The fraction of sp³-hybridized carbons (Fsp3) is 0.692. The van der Waals surface area contributed by atoms with E-state index >= 15 is 0 Å². The molecule has 0 N–H and O–H groups in total. The lowest BCUT2D eigenvalue weighted by atomic mass is 9.96. The Balaban J connectivity index is 2.98. The first-order chi connectivity index (χ1) is 8.69. The van der Waals surface area contributed by atoms with E-state index in [0.717, 1.165) is 31.3 Å². The molecule has 18 heavy (non-hydrogen) atoms. The van der Waals surface area contributed by atoms with Crippen molar-refractivity contribution in [2.24, 2.45) is 0 Å². The lowest BCUT2D eigenvalue weighted by molar-refractivity contribution is -0.137. The van der Waals surface area contributed by atoms with Crippen LogP contribution >= 0.6 is 0 Å². The number of carbonyl (C=O) groups is 1. The van der Waals surface area contributed by atoms with E-state index in [4.69, 9.17) is 8.92 Å². The Hall–Kier alpha value is -0.900. The maximum absolute atomic E-state index is 11.8. The third kappa shape index (κ3) is 4.77. The van der Waals surface area contributed by atoms with Gasteiger partial charge >= 0.3 is 5.97 Å². The molecule has 1 rings (SSSR count).